The number of allylic oxidation sites excluding steroid dienone is 1. The van der Waals surface area contributed by atoms with Gasteiger partial charge in [0.05, 0.1) is 12.5 Å². The Kier molecular flexibility index (Phi) is 3.59. The smallest absolute Gasteiger partial charge is 0.311 e. The van der Waals surface area contributed by atoms with Gasteiger partial charge in [0.25, 0.3) is 0 Å². The molecular formula is C16H24O3. The fourth-order valence-electron chi connectivity index (χ4n) is 4.61. The molecule has 3 nitrogen and oxygen atoms in total. The summed E-state index contributed by atoms with van der Waals surface area (Å²) in [5.74, 6) is -0.0296. The maximum Gasteiger partial charge on any atom is 0.311 e. The Bertz CT molecular complexity index is 414. The predicted molar refractivity (Wildman–Crippen MR) is 73.5 cm³/mol. The van der Waals surface area contributed by atoms with Gasteiger partial charge in [0.15, 0.2) is 0 Å². The lowest BCUT2D eigenvalue weighted by Gasteiger charge is -2.56. The highest BCUT2D eigenvalue weighted by molar-refractivity contribution is 5.77. The summed E-state index contributed by atoms with van der Waals surface area (Å²) in [5, 5.41) is 0. The van der Waals surface area contributed by atoms with E-state index in [1.807, 2.05) is 6.92 Å². The van der Waals surface area contributed by atoms with Crippen molar-refractivity contribution in [2.75, 3.05) is 7.11 Å². The average Bonchev–Trinajstić information content (AvgIpc) is 2.37. The molecule has 0 N–H and O–H groups in total. The van der Waals surface area contributed by atoms with Crippen LogP contribution in [0.25, 0.3) is 0 Å². The van der Waals surface area contributed by atoms with Gasteiger partial charge in [-0.2, -0.15) is 0 Å². The molecule has 0 radical (unpaired) electrons. The van der Waals surface area contributed by atoms with Gasteiger partial charge in [-0.25, -0.2) is 0 Å². The Balaban J connectivity index is 2.42. The van der Waals surface area contributed by atoms with Gasteiger partial charge in [-0.15, -0.1) is 0 Å². The minimum atomic E-state index is -0.455. The third-order valence-corrected chi connectivity index (χ3v) is 5.67. The molecule has 0 unspecified atom stereocenters. The lowest BCUT2D eigenvalue weighted by atomic mass is 9.47. The van der Waals surface area contributed by atoms with Crippen LogP contribution in [0, 0.1) is 22.7 Å². The van der Waals surface area contributed by atoms with Crippen LogP contribution in [0.15, 0.2) is 12.2 Å². The summed E-state index contributed by atoms with van der Waals surface area (Å²) in [4.78, 5) is 23.7. The number of ether oxygens (including phenoxy) is 1. The molecule has 3 heteroatoms. The first-order valence-electron chi connectivity index (χ1n) is 7.11. The zero-order valence-corrected chi connectivity index (χ0v) is 12.2. The molecular weight excluding hydrogens is 240 g/mol. The second-order valence-corrected chi connectivity index (χ2v) is 6.63. The number of rotatable bonds is 2. The molecule has 2 saturated carbocycles. The molecule has 0 saturated heterocycles. The van der Waals surface area contributed by atoms with Crippen LogP contribution < -0.4 is 0 Å². The highest BCUT2D eigenvalue weighted by atomic mass is 16.5. The number of carbonyl (C=O) groups excluding carboxylic acids is 2. The van der Waals surface area contributed by atoms with Crippen LogP contribution in [0.4, 0.5) is 0 Å². The third-order valence-electron chi connectivity index (χ3n) is 5.67. The maximum atomic E-state index is 12.2. The van der Waals surface area contributed by atoms with Crippen LogP contribution in [0.2, 0.25) is 0 Å². The summed E-state index contributed by atoms with van der Waals surface area (Å²) in [7, 11) is 1.46. The second-order valence-electron chi connectivity index (χ2n) is 6.63. The summed E-state index contributed by atoms with van der Waals surface area (Å²) >= 11 is 0. The molecule has 2 aliphatic carbocycles. The Morgan fingerprint density at radius 2 is 2.11 bits per heavy atom. The Morgan fingerprint density at radius 1 is 1.42 bits per heavy atom. The van der Waals surface area contributed by atoms with Crippen molar-refractivity contribution in [2.24, 2.45) is 22.7 Å². The fourth-order valence-corrected chi connectivity index (χ4v) is 4.61. The van der Waals surface area contributed by atoms with Gasteiger partial charge in [-0.1, -0.05) is 25.5 Å². The van der Waals surface area contributed by atoms with E-state index in [9.17, 15) is 9.59 Å². The SMILES string of the molecule is C=C1CC[C@@H]2[C@](C)(CCC[C@]2(C)C(=O)OC)[C@H]1C=O. The zero-order chi connectivity index (χ0) is 14.3. The van der Waals surface area contributed by atoms with E-state index in [0.717, 1.165) is 44.0 Å². The second kappa shape index (κ2) is 4.77. The number of aldehydes is 1. The highest BCUT2D eigenvalue weighted by Crippen LogP contribution is 2.60. The van der Waals surface area contributed by atoms with Gasteiger partial charge >= 0.3 is 5.97 Å². The largest absolute Gasteiger partial charge is 0.469 e. The molecule has 19 heavy (non-hydrogen) atoms. The number of hydrogen-bond donors (Lipinski definition) is 0. The predicted octanol–water partition coefficient (Wildman–Crippen LogP) is 3.14. The minimum Gasteiger partial charge on any atom is -0.469 e. The highest BCUT2D eigenvalue weighted by Gasteiger charge is 2.57. The van der Waals surface area contributed by atoms with Crippen molar-refractivity contribution in [2.45, 2.75) is 46.0 Å². The van der Waals surface area contributed by atoms with Gasteiger partial charge in [0.2, 0.25) is 0 Å². The van der Waals surface area contributed by atoms with Crippen molar-refractivity contribution in [1.82, 2.24) is 0 Å². The van der Waals surface area contributed by atoms with Gasteiger partial charge in [0.1, 0.15) is 6.29 Å². The van der Waals surface area contributed by atoms with Crippen LogP contribution in [-0.2, 0) is 14.3 Å². The minimum absolute atomic E-state index is 0.115. The van der Waals surface area contributed by atoms with Crippen molar-refractivity contribution in [3.63, 3.8) is 0 Å². The van der Waals surface area contributed by atoms with E-state index >= 15 is 0 Å². The zero-order valence-electron chi connectivity index (χ0n) is 12.2. The van der Waals surface area contributed by atoms with Crippen LogP contribution in [0.1, 0.15) is 46.0 Å². The van der Waals surface area contributed by atoms with E-state index in [0.29, 0.717) is 0 Å². The van der Waals surface area contributed by atoms with Crippen LogP contribution in [0.3, 0.4) is 0 Å². The van der Waals surface area contributed by atoms with Crippen molar-refractivity contribution < 1.29 is 14.3 Å². The first-order chi connectivity index (χ1) is 8.90. The van der Waals surface area contributed by atoms with E-state index in [-0.39, 0.29) is 23.2 Å². The quantitative estimate of drug-likeness (QED) is 0.437. The molecule has 0 aromatic rings. The van der Waals surface area contributed by atoms with Crippen molar-refractivity contribution in [3.05, 3.63) is 12.2 Å². The molecule has 0 aliphatic heterocycles. The standard InChI is InChI=1S/C16H24O3/c1-11-6-7-13-15(2,12(11)10-17)8-5-9-16(13,3)14(18)19-4/h10,12-13H,1,5-9H2,2-4H3/t12-,13+,15+,16-/m0/s1. The van der Waals surface area contributed by atoms with Crippen LogP contribution in [-0.4, -0.2) is 19.4 Å². The topological polar surface area (TPSA) is 43.4 Å². The van der Waals surface area contributed by atoms with Gasteiger partial charge in [-0.3, -0.25) is 4.79 Å². The molecule has 106 valence electrons. The van der Waals surface area contributed by atoms with Crippen molar-refractivity contribution >= 4 is 12.3 Å². The molecule has 0 aromatic heterocycles. The number of esters is 1. The normalized spacial score (nSPS) is 42.4. The van der Waals surface area contributed by atoms with E-state index in [1.165, 1.54) is 7.11 Å². The molecule has 2 aliphatic rings. The molecule has 4 atom stereocenters. The van der Waals surface area contributed by atoms with Crippen molar-refractivity contribution in [1.29, 1.82) is 0 Å². The Morgan fingerprint density at radius 3 is 2.68 bits per heavy atom. The van der Waals surface area contributed by atoms with E-state index in [2.05, 4.69) is 13.5 Å². The first-order valence-corrected chi connectivity index (χ1v) is 7.11. The lowest BCUT2D eigenvalue weighted by Crippen LogP contribution is -2.54. The first kappa shape index (κ1) is 14.3. The summed E-state index contributed by atoms with van der Waals surface area (Å²) < 4.78 is 5.03. The number of hydrogen-bond acceptors (Lipinski definition) is 3. The molecule has 0 spiro atoms. The van der Waals surface area contributed by atoms with Crippen LogP contribution >= 0.6 is 0 Å². The number of carbonyl (C=O) groups is 2. The summed E-state index contributed by atoms with van der Waals surface area (Å²) in [6.45, 7) is 8.23. The van der Waals surface area contributed by atoms with Crippen LogP contribution in [0.5, 0.6) is 0 Å². The van der Waals surface area contributed by atoms with Gasteiger partial charge < -0.3 is 9.53 Å². The third kappa shape index (κ3) is 1.94. The fraction of sp³-hybridized carbons (Fsp3) is 0.750. The number of fused-ring (bicyclic) bond motifs is 1. The van der Waals surface area contributed by atoms with Gasteiger partial charge in [-0.05, 0) is 43.9 Å². The molecule has 0 aromatic carbocycles. The Hall–Kier alpha value is -1.12. The van der Waals surface area contributed by atoms with E-state index in [4.69, 9.17) is 4.74 Å². The van der Waals surface area contributed by atoms with E-state index in [1.54, 1.807) is 0 Å². The summed E-state index contributed by atoms with van der Waals surface area (Å²) in [5.41, 5.74) is 0.435. The average molecular weight is 264 g/mol. The number of methoxy groups -OCH3 is 1. The van der Waals surface area contributed by atoms with E-state index < -0.39 is 5.41 Å². The molecule has 0 bridgehead atoms. The van der Waals surface area contributed by atoms with Crippen molar-refractivity contribution in [3.8, 4) is 0 Å². The molecule has 2 fully saturated rings. The Labute approximate surface area is 115 Å². The summed E-state index contributed by atoms with van der Waals surface area (Å²) in [6.07, 6.45) is 5.64. The molecule has 0 heterocycles. The lowest BCUT2D eigenvalue weighted by molar-refractivity contribution is -0.168. The summed E-state index contributed by atoms with van der Waals surface area (Å²) in [6, 6.07) is 0. The van der Waals surface area contributed by atoms with Gasteiger partial charge in [0, 0.05) is 5.92 Å². The monoisotopic (exact) mass is 264 g/mol. The molecule has 0 amide bonds. The molecule has 2 rings (SSSR count). The maximum absolute atomic E-state index is 12.2.